The van der Waals surface area contributed by atoms with Crippen molar-refractivity contribution in [2.24, 2.45) is 7.05 Å². The molecule has 11 nitrogen and oxygen atoms in total. The molecule has 1 N–H and O–H groups in total. The molecule has 2 aliphatic rings. The zero-order chi connectivity index (χ0) is 33.2. The number of likely N-dealkylation sites (N-methyl/N-ethyl adjacent to an activating group) is 1. The van der Waals surface area contributed by atoms with Gasteiger partial charge in [0.25, 0.3) is 11.5 Å². The number of benzene rings is 1. The van der Waals surface area contributed by atoms with Crippen molar-refractivity contribution in [1.29, 1.82) is 0 Å². The van der Waals surface area contributed by atoms with E-state index in [9.17, 15) is 14.4 Å². The molecule has 1 amide bonds. The molecule has 3 aromatic heterocycles. The molecule has 246 valence electrons. The van der Waals surface area contributed by atoms with Gasteiger partial charge in [-0.2, -0.15) is 0 Å². The van der Waals surface area contributed by atoms with E-state index in [0.717, 1.165) is 32.2 Å². The topological polar surface area (TPSA) is 111 Å². The first-order chi connectivity index (χ1) is 22.6. The summed E-state index contributed by atoms with van der Waals surface area (Å²) in [7, 11) is 5.52. The van der Waals surface area contributed by atoms with Gasteiger partial charge in [-0.25, -0.2) is 9.37 Å². The lowest BCUT2D eigenvalue weighted by Crippen LogP contribution is -2.41. The van der Waals surface area contributed by atoms with Gasteiger partial charge in [0.2, 0.25) is 0 Å². The average molecular weight is 643 g/mol. The van der Waals surface area contributed by atoms with Gasteiger partial charge in [-0.15, -0.1) is 0 Å². The highest BCUT2D eigenvalue weighted by Gasteiger charge is 2.32. The van der Waals surface area contributed by atoms with Gasteiger partial charge in [0, 0.05) is 56.6 Å². The van der Waals surface area contributed by atoms with Crippen LogP contribution >= 0.6 is 0 Å². The maximum absolute atomic E-state index is 15.5. The molecule has 0 bridgehead atoms. The van der Waals surface area contributed by atoms with Gasteiger partial charge >= 0.3 is 5.97 Å². The number of pyridine rings is 2. The van der Waals surface area contributed by atoms with Crippen LogP contribution in [0, 0.1) is 5.82 Å². The van der Waals surface area contributed by atoms with Gasteiger partial charge in [0.15, 0.2) is 0 Å². The number of anilines is 3. The molecule has 0 radical (unpaired) electrons. The van der Waals surface area contributed by atoms with Gasteiger partial charge in [-0.05, 0) is 87.3 Å². The normalized spacial score (nSPS) is 14.2. The Morgan fingerprint density at radius 2 is 1.89 bits per heavy atom. The molecule has 4 heterocycles. The van der Waals surface area contributed by atoms with E-state index in [1.54, 1.807) is 42.5 Å². The van der Waals surface area contributed by atoms with E-state index in [-0.39, 0.29) is 23.8 Å². The lowest BCUT2D eigenvalue weighted by Gasteiger charge is -2.32. The van der Waals surface area contributed by atoms with E-state index < -0.39 is 11.8 Å². The fourth-order valence-electron chi connectivity index (χ4n) is 6.29. The minimum Gasteiger partial charge on any atom is -0.491 e. The van der Waals surface area contributed by atoms with Crippen molar-refractivity contribution in [3.8, 4) is 16.9 Å². The maximum Gasteiger partial charge on any atom is 0.302 e. The predicted molar refractivity (Wildman–Crippen MR) is 177 cm³/mol. The van der Waals surface area contributed by atoms with Gasteiger partial charge < -0.3 is 33.7 Å². The summed E-state index contributed by atoms with van der Waals surface area (Å²) in [5, 5.41) is 3.07. The van der Waals surface area contributed by atoms with E-state index in [1.807, 2.05) is 25.1 Å². The van der Waals surface area contributed by atoms with Crippen LogP contribution in [0.1, 0.15) is 47.1 Å². The number of hydrogen-bond donors (Lipinski definition) is 1. The SMILES string of the molecule is CC(=O)OCc1c(-c2cc(Nc3ccc(OCCN(C)C)cn3)c(=O)n(C)c2)cc(F)cc1N1CCn2c(cc3c2CCCC3)C1=O. The van der Waals surface area contributed by atoms with Crippen LogP contribution in [0.25, 0.3) is 11.1 Å². The number of rotatable bonds is 10. The second-order valence-corrected chi connectivity index (χ2v) is 12.3. The Labute approximate surface area is 272 Å². The highest BCUT2D eigenvalue weighted by molar-refractivity contribution is 6.07. The number of halogens is 1. The number of carbonyl (C=O) groups is 2. The fraction of sp³-hybridized carbons (Fsp3) is 0.371. The third-order valence-corrected chi connectivity index (χ3v) is 8.62. The third-order valence-electron chi connectivity index (χ3n) is 8.62. The summed E-state index contributed by atoms with van der Waals surface area (Å²) in [6.45, 7) is 3.29. The Morgan fingerprint density at radius 1 is 1.09 bits per heavy atom. The Morgan fingerprint density at radius 3 is 2.64 bits per heavy atom. The average Bonchev–Trinajstić information content (AvgIpc) is 3.42. The minimum atomic E-state index is -0.565. The zero-order valence-corrected chi connectivity index (χ0v) is 27.1. The molecule has 12 heteroatoms. The summed E-state index contributed by atoms with van der Waals surface area (Å²) in [5.74, 6) is -0.287. The molecule has 6 rings (SSSR count). The number of aryl methyl sites for hydroxylation is 2. The number of amides is 1. The monoisotopic (exact) mass is 642 g/mol. The summed E-state index contributed by atoms with van der Waals surface area (Å²) >= 11 is 0. The lowest BCUT2D eigenvalue weighted by molar-refractivity contribution is -0.142. The van der Waals surface area contributed by atoms with E-state index in [4.69, 9.17) is 9.47 Å². The van der Waals surface area contributed by atoms with Gasteiger partial charge in [0.05, 0.1) is 11.9 Å². The van der Waals surface area contributed by atoms with Gasteiger partial charge in [0.1, 0.15) is 42.0 Å². The fourth-order valence-corrected chi connectivity index (χ4v) is 6.29. The molecule has 0 unspecified atom stereocenters. The Hall–Kier alpha value is -4.97. The van der Waals surface area contributed by atoms with Crippen molar-refractivity contribution in [3.63, 3.8) is 0 Å². The van der Waals surface area contributed by atoms with Crippen molar-refractivity contribution in [2.75, 3.05) is 44.0 Å². The van der Waals surface area contributed by atoms with E-state index in [2.05, 4.69) is 14.9 Å². The summed E-state index contributed by atoms with van der Waals surface area (Å²) < 4.78 is 30.1. The summed E-state index contributed by atoms with van der Waals surface area (Å²) in [5.41, 5.74) is 4.56. The quantitative estimate of drug-likeness (QED) is 0.249. The largest absolute Gasteiger partial charge is 0.491 e. The van der Waals surface area contributed by atoms with Crippen molar-refractivity contribution in [1.82, 2.24) is 19.0 Å². The van der Waals surface area contributed by atoms with Crippen molar-refractivity contribution >= 4 is 29.1 Å². The molecule has 4 aromatic rings. The first kappa shape index (κ1) is 32.0. The van der Waals surface area contributed by atoms with Gasteiger partial charge in [-0.1, -0.05) is 0 Å². The zero-order valence-electron chi connectivity index (χ0n) is 27.1. The predicted octanol–water partition coefficient (Wildman–Crippen LogP) is 4.67. The molecular weight excluding hydrogens is 603 g/mol. The van der Waals surface area contributed by atoms with Crippen molar-refractivity contribution in [2.45, 2.75) is 45.8 Å². The van der Waals surface area contributed by atoms with E-state index in [1.165, 1.54) is 34.9 Å². The molecule has 0 spiro atoms. The number of hydrogen-bond acceptors (Lipinski definition) is 8. The molecule has 47 heavy (non-hydrogen) atoms. The number of fused-ring (bicyclic) bond motifs is 3. The highest BCUT2D eigenvalue weighted by atomic mass is 19.1. The number of aromatic nitrogens is 3. The molecule has 0 fully saturated rings. The van der Waals surface area contributed by atoms with Crippen molar-refractivity contribution < 1.29 is 23.5 Å². The molecule has 0 saturated carbocycles. The first-order valence-electron chi connectivity index (χ1n) is 15.8. The molecular formula is C35H39FN6O5. The van der Waals surface area contributed by atoms with Crippen LogP contribution in [0.2, 0.25) is 0 Å². The Balaban J connectivity index is 1.36. The maximum atomic E-state index is 15.5. The third kappa shape index (κ3) is 6.78. The van der Waals surface area contributed by atoms with E-state index in [0.29, 0.717) is 59.3 Å². The Bertz CT molecular complexity index is 1880. The summed E-state index contributed by atoms with van der Waals surface area (Å²) in [4.78, 5) is 47.1. The van der Waals surface area contributed by atoms with Gasteiger partial charge in [-0.3, -0.25) is 14.4 Å². The molecule has 1 aliphatic carbocycles. The first-order valence-corrected chi connectivity index (χ1v) is 15.8. The second-order valence-electron chi connectivity index (χ2n) is 12.3. The standard InChI is InChI=1S/C35H39FN6O5/c1-22(43)47-21-28-27(17-25(36)18-31(28)42-12-11-41-30-8-6-5-7-23(30)16-32(41)35(42)45)24-15-29(34(44)40(4)20-24)38-33-10-9-26(19-37-33)46-14-13-39(2)3/h9-10,15-20H,5-8,11-14,21H2,1-4H3,(H,37,38). The van der Waals surface area contributed by atoms with Crippen LogP contribution in [0.5, 0.6) is 5.75 Å². The van der Waals surface area contributed by atoms with Crippen LogP contribution in [0.4, 0.5) is 21.6 Å². The minimum absolute atomic E-state index is 0.190. The second kappa shape index (κ2) is 13.4. The molecule has 1 aromatic carbocycles. The van der Waals surface area contributed by atoms with Crippen LogP contribution in [0.15, 0.2) is 53.6 Å². The summed E-state index contributed by atoms with van der Waals surface area (Å²) in [6.07, 6.45) is 7.24. The Kier molecular flexibility index (Phi) is 9.12. The van der Waals surface area contributed by atoms with Crippen LogP contribution in [-0.4, -0.2) is 64.7 Å². The smallest absolute Gasteiger partial charge is 0.302 e. The molecule has 0 atom stereocenters. The highest BCUT2D eigenvalue weighted by Crippen LogP contribution is 2.37. The number of esters is 1. The van der Waals surface area contributed by atoms with Crippen molar-refractivity contribution in [3.05, 3.63) is 87.5 Å². The molecule has 1 aliphatic heterocycles. The van der Waals surface area contributed by atoms with Crippen LogP contribution in [-0.2, 0) is 42.6 Å². The van der Waals surface area contributed by atoms with Crippen LogP contribution in [0.3, 0.4) is 0 Å². The molecule has 0 saturated heterocycles. The lowest BCUT2D eigenvalue weighted by atomic mass is 9.97. The van der Waals surface area contributed by atoms with E-state index >= 15 is 4.39 Å². The number of nitrogens with one attached hydrogen (secondary N) is 1. The van der Waals surface area contributed by atoms with Crippen LogP contribution < -0.4 is 20.5 Å². The summed E-state index contributed by atoms with van der Waals surface area (Å²) in [6, 6.07) is 9.69. The number of nitrogens with zero attached hydrogens (tertiary/aromatic N) is 5. The number of ether oxygens (including phenoxy) is 2. The number of carbonyl (C=O) groups excluding carboxylic acids is 2.